The molecule has 0 aliphatic carbocycles. The molecule has 24 heavy (non-hydrogen) atoms. The number of benzene rings is 1. The van der Waals surface area contributed by atoms with E-state index in [-0.39, 0.29) is 12.3 Å². The maximum absolute atomic E-state index is 11.9. The molecule has 0 radical (unpaired) electrons. The molecule has 1 aromatic heterocycles. The van der Waals surface area contributed by atoms with Gasteiger partial charge in [0.05, 0.1) is 18.3 Å². The highest BCUT2D eigenvalue weighted by Crippen LogP contribution is 2.08. The van der Waals surface area contributed by atoms with Gasteiger partial charge >= 0.3 is 5.97 Å². The standard InChI is InChI=1S/C18H23N3O3/c22-17(19-11-7-2-1-6-10-18(23)24)12-15-13-20-21(14-15)16-8-4-3-5-9-16/h3-5,8-9,13-14H,1-2,6-7,10-12H2,(H,19,22)(H,23,24). The van der Waals surface area contributed by atoms with E-state index in [1.165, 1.54) is 0 Å². The van der Waals surface area contributed by atoms with Crippen molar-refractivity contribution in [3.8, 4) is 5.69 Å². The lowest BCUT2D eigenvalue weighted by atomic mass is 10.1. The molecule has 2 rings (SSSR count). The second kappa shape index (κ2) is 9.50. The monoisotopic (exact) mass is 329 g/mol. The Morgan fingerprint density at radius 3 is 2.58 bits per heavy atom. The quantitative estimate of drug-likeness (QED) is 0.656. The van der Waals surface area contributed by atoms with Crippen LogP contribution < -0.4 is 5.32 Å². The van der Waals surface area contributed by atoms with E-state index in [2.05, 4.69) is 10.4 Å². The Labute approximate surface area is 141 Å². The number of unbranched alkanes of at least 4 members (excludes halogenated alkanes) is 3. The van der Waals surface area contributed by atoms with E-state index in [9.17, 15) is 9.59 Å². The maximum atomic E-state index is 11.9. The number of amides is 1. The lowest BCUT2D eigenvalue weighted by molar-refractivity contribution is -0.137. The van der Waals surface area contributed by atoms with Crippen LogP contribution in [-0.4, -0.2) is 33.3 Å². The summed E-state index contributed by atoms with van der Waals surface area (Å²) >= 11 is 0. The molecule has 0 saturated heterocycles. The summed E-state index contributed by atoms with van der Waals surface area (Å²) in [4.78, 5) is 22.3. The van der Waals surface area contributed by atoms with E-state index in [1.807, 2.05) is 36.5 Å². The van der Waals surface area contributed by atoms with Gasteiger partial charge in [-0.15, -0.1) is 0 Å². The molecule has 1 heterocycles. The minimum atomic E-state index is -0.751. The summed E-state index contributed by atoms with van der Waals surface area (Å²) in [7, 11) is 0. The molecule has 1 amide bonds. The number of carboxylic acids is 1. The Kier molecular flexibility index (Phi) is 7.01. The Hall–Kier alpha value is -2.63. The average molecular weight is 329 g/mol. The molecule has 128 valence electrons. The van der Waals surface area contributed by atoms with Crippen molar-refractivity contribution in [1.29, 1.82) is 0 Å². The number of carboxylic acid groups (broad SMARTS) is 1. The van der Waals surface area contributed by atoms with Crippen LogP contribution in [0, 0.1) is 0 Å². The van der Waals surface area contributed by atoms with Gasteiger partial charge in [-0.2, -0.15) is 5.10 Å². The summed E-state index contributed by atoms with van der Waals surface area (Å²) in [6.07, 6.45) is 7.48. The Balaban J connectivity index is 1.64. The van der Waals surface area contributed by atoms with Gasteiger partial charge in [-0.1, -0.05) is 31.0 Å². The fourth-order valence-corrected chi connectivity index (χ4v) is 2.40. The summed E-state index contributed by atoms with van der Waals surface area (Å²) in [5.41, 5.74) is 1.84. The van der Waals surface area contributed by atoms with Crippen molar-refractivity contribution in [2.45, 2.75) is 38.5 Å². The minimum Gasteiger partial charge on any atom is -0.481 e. The predicted molar refractivity (Wildman–Crippen MR) is 91.0 cm³/mol. The number of hydrogen-bond donors (Lipinski definition) is 2. The third-order valence-electron chi connectivity index (χ3n) is 3.66. The first-order chi connectivity index (χ1) is 11.6. The van der Waals surface area contributed by atoms with Crippen LogP contribution in [-0.2, 0) is 16.0 Å². The fraction of sp³-hybridized carbons (Fsp3) is 0.389. The molecule has 0 bridgehead atoms. The van der Waals surface area contributed by atoms with Crippen LogP contribution in [0.25, 0.3) is 5.69 Å². The van der Waals surface area contributed by atoms with Crippen LogP contribution in [0.15, 0.2) is 42.7 Å². The van der Waals surface area contributed by atoms with Crippen LogP contribution >= 0.6 is 0 Å². The summed E-state index contributed by atoms with van der Waals surface area (Å²) in [5.74, 6) is -0.771. The van der Waals surface area contributed by atoms with Crippen molar-refractivity contribution in [1.82, 2.24) is 15.1 Å². The van der Waals surface area contributed by atoms with Crippen LogP contribution in [0.5, 0.6) is 0 Å². The molecule has 0 spiro atoms. The molecule has 0 fully saturated rings. The lowest BCUT2D eigenvalue weighted by Crippen LogP contribution is -2.25. The van der Waals surface area contributed by atoms with Crippen molar-refractivity contribution >= 4 is 11.9 Å². The van der Waals surface area contributed by atoms with Crippen LogP contribution in [0.4, 0.5) is 0 Å². The topological polar surface area (TPSA) is 84.2 Å². The van der Waals surface area contributed by atoms with Gasteiger partial charge in [-0.25, -0.2) is 4.68 Å². The smallest absolute Gasteiger partial charge is 0.303 e. The van der Waals surface area contributed by atoms with Crippen molar-refractivity contribution in [2.75, 3.05) is 6.54 Å². The normalized spacial score (nSPS) is 10.5. The maximum Gasteiger partial charge on any atom is 0.303 e. The van der Waals surface area contributed by atoms with E-state index in [1.54, 1.807) is 10.9 Å². The molecular formula is C18H23N3O3. The highest BCUT2D eigenvalue weighted by atomic mass is 16.4. The van der Waals surface area contributed by atoms with E-state index in [0.717, 1.165) is 30.5 Å². The zero-order valence-electron chi connectivity index (χ0n) is 13.6. The van der Waals surface area contributed by atoms with Crippen LogP contribution in [0.2, 0.25) is 0 Å². The van der Waals surface area contributed by atoms with Crippen molar-refractivity contribution in [3.05, 3.63) is 48.3 Å². The molecule has 6 nitrogen and oxygen atoms in total. The first-order valence-corrected chi connectivity index (χ1v) is 8.22. The number of aliphatic carboxylic acids is 1. The number of nitrogens with one attached hydrogen (secondary N) is 1. The van der Waals surface area contributed by atoms with E-state index in [4.69, 9.17) is 5.11 Å². The Bertz CT molecular complexity index is 653. The van der Waals surface area contributed by atoms with Crippen molar-refractivity contribution in [3.63, 3.8) is 0 Å². The number of rotatable bonds is 10. The van der Waals surface area contributed by atoms with Gasteiger partial charge in [-0.05, 0) is 30.5 Å². The summed E-state index contributed by atoms with van der Waals surface area (Å²) < 4.78 is 1.76. The molecule has 0 unspecified atom stereocenters. The summed E-state index contributed by atoms with van der Waals surface area (Å²) in [6.45, 7) is 0.624. The third-order valence-corrected chi connectivity index (χ3v) is 3.66. The second-order valence-corrected chi connectivity index (χ2v) is 5.71. The number of para-hydroxylation sites is 1. The molecule has 6 heteroatoms. The van der Waals surface area contributed by atoms with Crippen molar-refractivity contribution in [2.24, 2.45) is 0 Å². The zero-order chi connectivity index (χ0) is 17.2. The number of carbonyl (C=O) groups excluding carboxylic acids is 1. The third kappa shape index (κ3) is 6.24. The lowest BCUT2D eigenvalue weighted by Gasteiger charge is -2.04. The largest absolute Gasteiger partial charge is 0.481 e. The molecule has 0 aliphatic rings. The number of carbonyl (C=O) groups is 2. The van der Waals surface area contributed by atoms with E-state index < -0.39 is 5.97 Å². The minimum absolute atomic E-state index is 0.0202. The van der Waals surface area contributed by atoms with Gasteiger partial charge in [-0.3, -0.25) is 9.59 Å². The first kappa shape index (κ1) is 17.7. The second-order valence-electron chi connectivity index (χ2n) is 5.71. The molecule has 2 N–H and O–H groups in total. The first-order valence-electron chi connectivity index (χ1n) is 8.22. The molecule has 1 aromatic carbocycles. The van der Waals surface area contributed by atoms with E-state index in [0.29, 0.717) is 19.4 Å². The molecule has 2 aromatic rings. The fourth-order valence-electron chi connectivity index (χ4n) is 2.40. The van der Waals surface area contributed by atoms with Gasteiger partial charge in [0, 0.05) is 19.2 Å². The highest BCUT2D eigenvalue weighted by molar-refractivity contribution is 5.78. The summed E-state index contributed by atoms with van der Waals surface area (Å²) in [6, 6.07) is 9.76. The number of aromatic nitrogens is 2. The molecular weight excluding hydrogens is 306 g/mol. The Morgan fingerprint density at radius 2 is 1.83 bits per heavy atom. The average Bonchev–Trinajstić information content (AvgIpc) is 3.03. The van der Waals surface area contributed by atoms with E-state index >= 15 is 0 Å². The van der Waals surface area contributed by atoms with Gasteiger partial charge in [0.1, 0.15) is 0 Å². The molecule has 0 atom stereocenters. The highest BCUT2D eigenvalue weighted by Gasteiger charge is 2.06. The van der Waals surface area contributed by atoms with Gasteiger partial charge < -0.3 is 10.4 Å². The van der Waals surface area contributed by atoms with Gasteiger partial charge in [0.25, 0.3) is 0 Å². The summed E-state index contributed by atoms with van der Waals surface area (Å²) in [5, 5.41) is 15.7. The van der Waals surface area contributed by atoms with Crippen LogP contribution in [0.3, 0.4) is 0 Å². The molecule has 0 aliphatic heterocycles. The Morgan fingerprint density at radius 1 is 1.08 bits per heavy atom. The zero-order valence-corrected chi connectivity index (χ0v) is 13.6. The van der Waals surface area contributed by atoms with Crippen LogP contribution in [0.1, 0.15) is 37.7 Å². The number of hydrogen-bond acceptors (Lipinski definition) is 3. The van der Waals surface area contributed by atoms with Gasteiger partial charge in [0.15, 0.2) is 0 Å². The van der Waals surface area contributed by atoms with Gasteiger partial charge in [0.2, 0.25) is 5.91 Å². The van der Waals surface area contributed by atoms with Crippen molar-refractivity contribution < 1.29 is 14.7 Å². The predicted octanol–water partition coefficient (Wildman–Crippen LogP) is 2.57. The number of nitrogens with zero attached hydrogens (tertiary/aromatic N) is 2. The SMILES string of the molecule is O=C(O)CCCCCCNC(=O)Cc1cnn(-c2ccccc2)c1. The molecule has 0 saturated carbocycles.